The molecule has 0 N–H and O–H groups in total. The van der Waals surface area contributed by atoms with E-state index in [1.807, 2.05) is 0 Å². The third-order valence-corrected chi connectivity index (χ3v) is 5.33. The number of halogens is 1. The van der Waals surface area contributed by atoms with Gasteiger partial charge in [-0.25, -0.2) is 0 Å². The molecule has 0 saturated carbocycles. The van der Waals surface area contributed by atoms with Crippen LogP contribution in [0.15, 0.2) is 12.1 Å². The number of aryl methyl sites for hydroxylation is 2. The van der Waals surface area contributed by atoms with Gasteiger partial charge in [-0.3, -0.25) is 0 Å². The molecule has 0 fully saturated rings. The van der Waals surface area contributed by atoms with Crippen molar-refractivity contribution >= 4 is 15.9 Å². The van der Waals surface area contributed by atoms with Crippen molar-refractivity contribution in [2.24, 2.45) is 5.41 Å². The largest absolute Gasteiger partial charge is 0.493 e. The highest BCUT2D eigenvalue weighted by Gasteiger charge is 2.28. The molecule has 0 spiro atoms. The van der Waals surface area contributed by atoms with E-state index in [9.17, 15) is 0 Å². The fraction of sp³-hybridized carbons (Fsp3) is 0.667. The maximum atomic E-state index is 6.23. The molecule has 0 aliphatic rings. The second kappa shape index (κ2) is 8.07. The number of hydrogen-bond donors (Lipinski definition) is 0. The zero-order valence-corrected chi connectivity index (χ0v) is 15.3. The van der Waals surface area contributed by atoms with Gasteiger partial charge in [-0.2, -0.15) is 0 Å². The van der Waals surface area contributed by atoms with Crippen LogP contribution in [0.2, 0.25) is 0 Å². The van der Waals surface area contributed by atoms with E-state index >= 15 is 0 Å². The normalized spacial score (nSPS) is 11.7. The van der Waals surface area contributed by atoms with Gasteiger partial charge >= 0.3 is 0 Å². The van der Waals surface area contributed by atoms with E-state index in [0.29, 0.717) is 0 Å². The van der Waals surface area contributed by atoms with E-state index < -0.39 is 0 Å². The van der Waals surface area contributed by atoms with Crippen LogP contribution in [0.3, 0.4) is 0 Å². The number of hydrogen-bond acceptors (Lipinski definition) is 1. The van der Waals surface area contributed by atoms with Gasteiger partial charge in [-0.05, 0) is 56.4 Å². The Bertz CT molecular complexity index is 420. The molecule has 0 saturated heterocycles. The molecule has 0 bridgehead atoms. The molecular formula is C18H29BrO. The van der Waals surface area contributed by atoms with E-state index in [1.54, 1.807) is 0 Å². The van der Waals surface area contributed by atoms with E-state index in [0.717, 1.165) is 17.7 Å². The van der Waals surface area contributed by atoms with Crippen molar-refractivity contribution in [3.63, 3.8) is 0 Å². The first-order valence-corrected chi connectivity index (χ1v) is 8.86. The Morgan fingerprint density at radius 3 is 2.15 bits per heavy atom. The Hall–Kier alpha value is -0.500. The van der Waals surface area contributed by atoms with Crippen LogP contribution in [0.5, 0.6) is 5.75 Å². The Labute approximate surface area is 133 Å². The smallest absolute Gasteiger partial charge is 0.122 e. The first kappa shape index (κ1) is 17.6. The van der Waals surface area contributed by atoms with Gasteiger partial charge < -0.3 is 4.74 Å². The first-order chi connectivity index (χ1) is 9.48. The third kappa shape index (κ3) is 4.51. The predicted molar refractivity (Wildman–Crippen MR) is 92.2 cm³/mol. The molecular weight excluding hydrogens is 312 g/mol. The average Bonchev–Trinajstić information content (AvgIpc) is 2.41. The van der Waals surface area contributed by atoms with Crippen LogP contribution in [0.1, 0.15) is 56.2 Å². The summed E-state index contributed by atoms with van der Waals surface area (Å²) in [6, 6.07) is 4.39. The molecule has 0 amide bonds. The van der Waals surface area contributed by atoms with E-state index in [-0.39, 0.29) is 5.41 Å². The number of alkyl halides is 1. The van der Waals surface area contributed by atoms with Crippen molar-refractivity contribution in [3.8, 4) is 5.75 Å². The van der Waals surface area contributed by atoms with Crippen LogP contribution >= 0.6 is 15.9 Å². The molecule has 0 aromatic heterocycles. The second-order valence-electron chi connectivity index (χ2n) is 6.13. The molecule has 0 atom stereocenters. The minimum Gasteiger partial charge on any atom is -0.493 e. The fourth-order valence-corrected chi connectivity index (χ4v) is 3.61. The van der Waals surface area contributed by atoms with Crippen LogP contribution in [-0.4, -0.2) is 11.9 Å². The lowest BCUT2D eigenvalue weighted by Gasteiger charge is -2.32. The molecule has 114 valence electrons. The molecule has 20 heavy (non-hydrogen) atoms. The zero-order valence-electron chi connectivity index (χ0n) is 13.7. The molecule has 1 rings (SSSR count). The number of rotatable bonds is 8. The summed E-state index contributed by atoms with van der Waals surface area (Å²) < 4.78 is 6.23. The van der Waals surface area contributed by atoms with E-state index in [4.69, 9.17) is 4.74 Å². The summed E-state index contributed by atoms with van der Waals surface area (Å²) in [6.45, 7) is 11.8. The van der Waals surface area contributed by atoms with Gasteiger partial charge in [0.25, 0.3) is 0 Å². The zero-order chi connectivity index (χ0) is 15.2. The van der Waals surface area contributed by atoms with Gasteiger partial charge in [0.2, 0.25) is 0 Å². The standard InChI is InChI=1S/C18H29BrO/c1-6-8-18(12-19,9-7-2)13-20-17-11-14(3)10-15(4)16(17)5/h10-11H,6-9,12-13H2,1-5H3. The van der Waals surface area contributed by atoms with Crippen LogP contribution in [-0.2, 0) is 0 Å². The molecule has 1 aromatic rings. The molecule has 0 aliphatic carbocycles. The first-order valence-electron chi connectivity index (χ1n) is 7.74. The lowest BCUT2D eigenvalue weighted by Crippen LogP contribution is -2.30. The van der Waals surface area contributed by atoms with Crippen LogP contribution in [0.25, 0.3) is 0 Å². The fourth-order valence-electron chi connectivity index (χ4n) is 2.88. The van der Waals surface area contributed by atoms with E-state index in [1.165, 1.54) is 42.4 Å². The Kier molecular flexibility index (Phi) is 7.08. The number of benzene rings is 1. The molecule has 0 aliphatic heterocycles. The lowest BCUT2D eigenvalue weighted by atomic mass is 9.82. The van der Waals surface area contributed by atoms with Crippen molar-refractivity contribution < 1.29 is 4.74 Å². The predicted octanol–water partition coefficient (Wildman–Crippen LogP) is 5.97. The van der Waals surface area contributed by atoms with Crippen molar-refractivity contribution in [3.05, 3.63) is 28.8 Å². The molecule has 0 heterocycles. The SMILES string of the molecule is CCCC(CBr)(CCC)COc1cc(C)cc(C)c1C. The highest BCUT2D eigenvalue weighted by atomic mass is 79.9. The van der Waals surface area contributed by atoms with Gasteiger partial charge in [0.15, 0.2) is 0 Å². The summed E-state index contributed by atoms with van der Waals surface area (Å²) in [5.41, 5.74) is 4.13. The average molecular weight is 341 g/mol. The number of ether oxygens (including phenoxy) is 1. The molecule has 0 unspecified atom stereocenters. The monoisotopic (exact) mass is 340 g/mol. The summed E-state index contributed by atoms with van der Waals surface area (Å²) >= 11 is 3.72. The maximum absolute atomic E-state index is 6.23. The van der Waals surface area contributed by atoms with Crippen molar-refractivity contribution in [1.82, 2.24) is 0 Å². The topological polar surface area (TPSA) is 9.23 Å². The van der Waals surface area contributed by atoms with Gasteiger partial charge in [-0.15, -0.1) is 0 Å². The van der Waals surface area contributed by atoms with Gasteiger partial charge in [-0.1, -0.05) is 48.7 Å². The Morgan fingerprint density at radius 1 is 1.05 bits per heavy atom. The Morgan fingerprint density at radius 2 is 1.65 bits per heavy atom. The minimum absolute atomic E-state index is 0.271. The summed E-state index contributed by atoms with van der Waals surface area (Å²) in [5, 5.41) is 1.02. The van der Waals surface area contributed by atoms with Crippen LogP contribution in [0.4, 0.5) is 0 Å². The Balaban J connectivity index is 2.87. The maximum Gasteiger partial charge on any atom is 0.122 e. The summed E-state index contributed by atoms with van der Waals surface area (Å²) in [6.07, 6.45) is 4.85. The van der Waals surface area contributed by atoms with Crippen molar-refractivity contribution in [2.45, 2.75) is 60.3 Å². The van der Waals surface area contributed by atoms with Gasteiger partial charge in [0.1, 0.15) is 5.75 Å². The van der Waals surface area contributed by atoms with Crippen molar-refractivity contribution in [2.75, 3.05) is 11.9 Å². The molecule has 0 radical (unpaired) electrons. The van der Waals surface area contributed by atoms with Gasteiger partial charge in [0, 0.05) is 10.7 Å². The van der Waals surface area contributed by atoms with E-state index in [2.05, 4.69) is 62.7 Å². The van der Waals surface area contributed by atoms with Crippen molar-refractivity contribution in [1.29, 1.82) is 0 Å². The minimum atomic E-state index is 0.271. The molecule has 1 aromatic carbocycles. The molecule has 2 heteroatoms. The van der Waals surface area contributed by atoms with Gasteiger partial charge in [0.05, 0.1) is 6.61 Å². The highest BCUT2D eigenvalue weighted by molar-refractivity contribution is 9.09. The van der Waals surface area contributed by atoms with Crippen LogP contribution in [0, 0.1) is 26.2 Å². The molecule has 1 nitrogen and oxygen atoms in total. The quantitative estimate of drug-likeness (QED) is 0.529. The summed E-state index contributed by atoms with van der Waals surface area (Å²) in [5.74, 6) is 1.06. The highest BCUT2D eigenvalue weighted by Crippen LogP contribution is 2.34. The summed E-state index contributed by atoms with van der Waals surface area (Å²) in [4.78, 5) is 0. The summed E-state index contributed by atoms with van der Waals surface area (Å²) in [7, 11) is 0. The second-order valence-corrected chi connectivity index (χ2v) is 6.69. The lowest BCUT2D eigenvalue weighted by molar-refractivity contribution is 0.144. The third-order valence-electron chi connectivity index (χ3n) is 4.14. The van der Waals surface area contributed by atoms with Crippen LogP contribution < -0.4 is 4.74 Å².